The highest BCUT2D eigenvalue weighted by Crippen LogP contribution is 2.07. The highest BCUT2D eigenvalue weighted by atomic mass is 16.5. The van der Waals surface area contributed by atoms with Crippen molar-refractivity contribution >= 4 is 6.09 Å². The Morgan fingerprint density at radius 3 is 2.73 bits per heavy atom. The van der Waals surface area contributed by atoms with Crippen LogP contribution in [0.1, 0.15) is 18.5 Å². The molecular formula is C11H16N2O2. The molecule has 0 fully saturated rings. The van der Waals surface area contributed by atoms with Crippen molar-refractivity contribution in [3.8, 4) is 0 Å². The first-order chi connectivity index (χ1) is 7.24. The van der Waals surface area contributed by atoms with Crippen molar-refractivity contribution in [1.29, 1.82) is 0 Å². The zero-order valence-electron chi connectivity index (χ0n) is 8.77. The lowest BCUT2D eigenvalue weighted by Gasteiger charge is -2.12. The molecule has 82 valence electrons. The maximum absolute atomic E-state index is 11.0. The molecule has 0 saturated carbocycles. The fourth-order valence-electron chi connectivity index (χ4n) is 1.19. The van der Waals surface area contributed by atoms with E-state index in [1.807, 2.05) is 30.3 Å². The van der Waals surface area contributed by atoms with Gasteiger partial charge in [0.15, 0.2) is 0 Å². The third-order valence-corrected chi connectivity index (χ3v) is 1.97. The number of benzene rings is 1. The second-order valence-electron chi connectivity index (χ2n) is 3.12. The van der Waals surface area contributed by atoms with Crippen LogP contribution in [0.25, 0.3) is 0 Å². The number of rotatable bonds is 4. The van der Waals surface area contributed by atoms with E-state index in [0.717, 1.165) is 5.56 Å². The summed E-state index contributed by atoms with van der Waals surface area (Å²) in [7, 11) is 0. The molecule has 0 heterocycles. The number of alkyl carbamates (subject to hydrolysis) is 1. The molecule has 0 spiro atoms. The first kappa shape index (κ1) is 11.5. The van der Waals surface area contributed by atoms with Gasteiger partial charge in [-0.3, -0.25) is 0 Å². The van der Waals surface area contributed by atoms with Crippen LogP contribution in [0.15, 0.2) is 30.3 Å². The lowest BCUT2D eigenvalue weighted by atomic mass is 10.1. The zero-order chi connectivity index (χ0) is 11.1. The summed E-state index contributed by atoms with van der Waals surface area (Å²) in [6.45, 7) is 2.51. The molecule has 4 nitrogen and oxygen atoms in total. The average molecular weight is 208 g/mol. The van der Waals surface area contributed by atoms with Gasteiger partial charge in [-0.25, -0.2) is 4.79 Å². The fourth-order valence-corrected chi connectivity index (χ4v) is 1.19. The predicted molar refractivity (Wildman–Crippen MR) is 58.4 cm³/mol. The summed E-state index contributed by atoms with van der Waals surface area (Å²) >= 11 is 0. The predicted octanol–water partition coefficient (Wildman–Crippen LogP) is 1.43. The lowest BCUT2D eigenvalue weighted by molar-refractivity contribution is 0.151. The number of amides is 1. The Balaban J connectivity index is 2.37. The van der Waals surface area contributed by atoms with Gasteiger partial charge in [0, 0.05) is 12.6 Å². The molecule has 0 saturated heterocycles. The zero-order valence-corrected chi connectivity index (χ0v) is 8.77. The van der Waals surface area contributed by atoms with Crippen LogP contribution in [0, 0.1) is 0 Å². The maximum atomic E-state index is 11.0. The van der Waals surface area contributed by atoms with E-state index in [9.17, 15) is 4.79 Å². The Morgan fingerprint density at radius 2 is 2.13 bits per heavy atom. The number of hydrogen-bond acceptors (Lipinski definition) is 3. The number of nitrogens with two attached hydrogens (primary N) is 1. The molecule has 1 unspecified atom stereocenters. The molecule has 1 aromatic rings. The SMILES string of the molecule is CCOC(=O)NCC(N)c1ccccc1. The number of nitrogens with one attached hydrogen (secondary N) is 1. The van der Waals surface area contributed by atoms with Crippen LogP contribution < -0.4 is 11.1 Å². The second kappa shape index (κ2) is 6.03. The van der Waals surface area contributed by atoms with E-state index in [2.05, 4.69) is 5.32 Å². The highest BCUT2D eigenvalue weighted by Gasteiger charge is 2.07. The molecule has 15 heavy (non-hydrogen) atoms. The average Bonchev–Trinajstić information content (AvgIpc) is 2.27. The molecule has 0 bridgehead atoms. The van der Waals surface area contributed by atoms with Gasteiger partial charge >= 0.3 is 6.09 Å². The van der Waals surface area contributed by atoms with Crippen LogP contribution in [0.3, 0.4) is 0 Å². The Morgan fingerprint density at radius 1 is 1.47 bits per heavy atom. The summed E-state index contributed by atoms with van der Waals surface area (Å²) in [5.41, 5.74) is 6.86. The number of carbonyl (C=O) groups excluding carboxylic acids is 1. The van der Waals surface area contributed by atoms with Crippen molar-refractivity contribution in [2.24, 2.45) is 5.73 Å². The molecule has 1 rings (SSSR count). The topological polar surface area (TPSA) is 64.3 Å². The second-order valence-corrected chi connectivity index (χ2v) is 3.12. The highest BCUT2D eigenvalue weighted by molar-refractivity contribution is 5.67. The lowest BCUT2D eigenvalue weighted by Crippen LogP contribution is -2.32. The Kier molecular flexibility index (Phi) is 4.63. The third kappa shape index (κ3) is 3.99. The molecule has 1 atom stereocenters. The van der Waals surface area contributed by atoms with E-state index in [4.69, 9.17) is 10.5 Å². The minimum Gasteiger partial charge on any atom is -0.450 e. The van der Waals surface area contributed by atoms with Gasteiger partial charge in [0.25, 0.3) is 0 Å². The minimum absolute atomic E-state index is 0.199. The molecule has 0 aliphatic rings. The standard InChI is InChI=1S/C11H16N2O2/c1-2-15-11(14)13-8-10(12)9-6-4-3-5-7-9/h3-7,10H,2,8,12H2,1H3,(H,13,14). The molecule has 3 N–H and O–H groups in total. The fraction of sp³-hybridized carbons (Fsp3) is 0.364. The number of hydrogen-bond donors (Lipinski definition) is 2. The van der Waals surface area contributed by atoms with Gasteiger partial charge in [-0.1, -0.05) is 30.3 Å². The molecule has 0 aliphatic carbocycles. The van der Waals surface area contributed by atoms with E-state index in [1.54, 1.807) is 6.92 Å². The maximum Gasteiger partial charge on any atom is 0.407 e. The van der Waals surface area contributed by atoms with Crippen molar-refractivity contribution in [1.82, 2.24) is 5.32 Å². The van der Waals surface area contributed by atoms with Gasteiger partial charge in [-0.05, 0) is 12.5 Å². The van der Waals surface area contributed by atoms with Gasteiger partial charge in [0.1, 0.15) is 0 Å². The van der Waals surface area contributed by atoms with Crippen LogP contribution in [-0.4, -0.2) is 19.2 Å². The first-order valence-electron chi connectivity index (χ1n) is 4.95. The van der Waals surface area contributed by atoms with Gasteiger partial charge in [0.2, 0.25) is 0 Å². The smallest absolute Gasteiger partial charge is 0.407 e. The minimum atomic E-state index is -0.427. The van der Waals surface area contributed by atoms with Crippen molar-refractivity contribution in [3.63, 3.8) is 0 Å². The van der Waals surface area contributed by atoms with Gasteiger partial charge < -0.3 is 15.8 Å². The van der Waals surface area contributed by atoms with Crippen LogP contribution in [0.5, 0.6) is 0 Å². The van der Waals surface area contributed by atoms with Crippen molar-refractivity contribution < 1.29 is 9.53 Å². The molecule has 0 radical (unpaired) electrons. The third-order valence-electron chi connectivity index (χ3n) is 1.97. The van der Waals surface area contributed by atoms with Crippen LogP contribution in [0.4, 0.5) is 4.79 Å². The molecule has 4 heteroatoms. The quantitative estimate of drug-likeness (QED) is 0.786. The summed E-state index contributed by atoms with van der Waals surface area (Å²) in [5, 5.41) is 2.60. The summed E-state index contributed by atoms with van der Waals surface area (Å²) in [4.78, 5) is 11.0. The Bertz CT molecular complexity index is 301. The first-order valence-corrected chi connectivity index (χ1v) is 4.95. The van der Waals surface area contributed by atoms with Gasteiger partial charge in [-0.2, -0.15) is 0 Å². The largest absolute Gasteiger partial charge is 0.450 e. The number of ether oxygens (including phenoxy) is 1. The molecule has 1 amide bonds. The number of carbonyl (C=O) groups is 1. The van der Waals surface area contributed by atoms with Crippen LogP contribution in [0.2, 0.25) is 0 Å². The van der Waals surface area contributed by atoms with Crippen molar-refractivity contribution in [2.75, 3.05) is 13.2 Å². The van der Waals surface area contributed by atoms with E-state index in [0.29, 0.717) is 13.2 Å². The van der Waals surface area contributed by atoms with Crippen LogP contribution in [-0.2, 0) is 4.74 Å². The normalized spacial score (nSPS) is 11.9. The van der Waals surface area contributed by atoms with E-state index in [-0.39, 0.29) is 6.04 Å². The summed E-state index contributed by atoms with van der Waals surface area (Å²) in [5.74, 6) is 0. The molecule has 0 aromatic heterocycles. The van der Waals surface area contributed by atoms with Gasteiger partial charge in [0.05, 0.1) is 6.61 Å². The summed E-state index contributed by atoms with van der Waals surface area (Å²) < 4.78 is 4.72. The Hall–Kier alpha value is -1.55. The summed E-state index contributed by atoms with van der Waals surface area (Å²) in [6, 6.07) is 9.42. The van der Waals surface area contributed by atoms with Gasteiger partial charge in [-0.15, -0.1) is 0 Å². The van der Waals surface area contributed by atoms with Crippen molar-refractivity contribution in [3.05, 3.63) is 35.9 Å². The van der Waals surface area contributed by atoms with E-state index < -0.39 is 6.09 Å². The molecule has 0 aliphatic heterocycles. The van der Waals surface area contributed by atoms with E-state index >= 15 is 0 Å². The van der Waals surface area contributed by atoms with Crippen molar-refractivity contribution in [2.45, 2.75) is 13.0 Å². The van der Waals surface area contributed by atoms with Crippen LogP contribution >= 0.6 is 0 Å². The molecular weight excluding hydrogens is 192 g/mol. The summed E-state index contributed by atoms with van der Waals surface area (Å²) in [6.07, 6.45) is -0.427. The molecule has 1 aromatic carbocycles. The van der Waals surface area contributed by atoms with E-state index in [1.165, 1.54) is 0 Å². The monoisotopic (exact) mass is 208 g/mol. The Labute approximate surface area is 89.4 Å².